The van der Waals surface area contributed by atoms with Crippen molar-refractivity contribution in [2.75, 3.05) is 16.4 Å². The van der Waals surface area contributed by atoms with Crippen LogP contribution in [0.4, 0.5) is 11.4 Å². The molecule has 28 heavy (non-hydrogen) atoms. The highest BCUT2D eigenvalue weighted by atomic mass is 32.2. The van der Waals surface area contributed by atoms with Crippen LogP contribution < -0.4 is 10.6 Å². The van der Waals surface area contributed by atoms with Crippen LogP contribution in [0.15, 0.2) is 46.2 Å². The standard InChI is InChI=1S/C20H22N2O4S2/c1-12-4-6-16(13(2)8-12)21-19(23)9-14(3)28(25,26)15-5-7-18-17(10-15)22-20(24)11-27-18/h4-8,10,14H,9,11H2,1-3H3,(H,21,23)(H,22,24)/t14-/m0/s1. The number of fused-ring (bicyclic) bond motifs is 1. The molecule has 0 aromatic heterocycles. The van der Waals surface area contributed by atoms with Crippen LogP contribution >= 0.6 is 11.8 Å². The van der Waals surface area contributed by atoms with E-state index >= 15 is 0 Å². The molecular formula is C20H22N2O4S2. The highest BCUT2D eigenvalue weighted by Gasteiger charge is 2.27. The second-order valence-electron chi connectivity index (χ2n) is 6.92. The molecule has 148 valence electrons. The Kier molecular flexibility index (Phi) is 5.81. The maximum Gasteiger partial charge on any atom is 0.234 e. The zero-order valence-electron chi connectivity index (χ0n) is 15.9. The Bertz CT molecular complexity index is 1050. The smallest absolute Gasteiger partial charge is 0.234 e. The van der Waals surface area contributed by atoms with Gasteiger partial charge in [-0.2, -0.15) is 0 Å². The molecule has 2 aromatic rings. The number of thioether (sulfide) groups is 1. The summed E-state index contributed by atoms with van der Waals surface area (Å²) in [5.41, 5.74) is 3.18. The van der Waals surface area contributed by atoms with Crippen LogP contribution in [0.2, 0.25) is 0 Å². The van der Waals surface area contributed by atoms with Crippen LogP contribution in [0.25, 0.3) is 0 Å². The van der Waals surface area contributed by atoms with Gasteiger partial charge in [-0.3, -0.25) is 9.59 Å². The second kappa shape index (κ2) is 7.97. The molecule has 2 N–H and O–H groups in total. The minimum Gasteiger partial charge on any atom is -0.326 e. The van der Waals surface area contributed by atoms with Gasteiger partial charge in [-0.15, -0.1) is 11.8 Å². The first-order valence-corrected chi connectivity index (χ1v) is 11.4. The number of sulfone groups is 1. The van der Waals surface area contributed by atoms with E-state index in [2.05, 4.69) is 10.6 Å². The van der Waals surface area contributed by atoms with Crippen LogP contribution in [-0.2, 0) is 19.4 Å². The lowest BCUT2D eigenvalue weighted by atomic mass is 10.1. The molecule has 0 spiro atoms. The summed E-state index contributed by atoms with van der Waals surface area (Å²) in [6.07, 6.45) is -0.159. The molecule has 0 unspecified atom stereocenters. The zero-order chi connectivity index (χ0) is 20.5. The molecule has 1 atom stereocenters. The molecule has 2 aromatic carbocycles. The van der Waals surface area contributed by atoms with Crippen molar-refractivity contribution in [3.05, 3.63) is 47.5 Å². The lowest BCUT2D eigenvalue weighted by molar-refractivity contribution is -0.116. The first-order chi connectivity index (χ1) is 13.2. The Balaban J connectivity index is 1.74. The number of anilines is 2. The summed E-state index contributed by atoms with van der Waals surface area (Å²) in [5.74, 6) is -0.202. The number of carbonyl (C=O) groups excluding carboxylic acids is 2. The number of nitrogens with one attached hydrogen (secondary N) is 2. The van der Waals surface area contributed by atoms with Gasteiger partial charge >= 0.3 is 0 Å². The summed E-state index contributed by atoms with van der Waals surface area (Å²) in [4.78, 5) is 24.9. The van der Waals surface area contributed by atoms with Gasteiger partial charge in [0.2, 0.25) is 11.8 Å². The maximum atomic E-state index is 12.9. The average molecular weight is 419 g/mol. The fourth-order valence-electron chi connectivity index (χ4n) is 3.00. The van der Waals surface area contributed by atoms with Crippen LogP contribution in [0.1, 0.15) is 24.5 Å². The lowest BCUT2D eigenvalue weighted by Crippen LogP contribution is -2.26. The van der Waals surface area contributed by atoms with E-state index in [4.69, 9.17) is 0 Å². The predicted molar refractivity (Wildman–Crippen MR) is 112 cm³/mol. The summed E-state index contributed by atoms with van der Waals surface area (Å²) in [7, 11) is -3.72. The van der Waals surface area contributed by atoms with Crippen molar-refractivity contribution in [2.45, 2.75) is 42.2 Å². The molecule has 6 nitrogen and oxygen atoms in total. The lowest BCUT2D eigenvalue weighted by Gasteiger charge is -2.19. The minimum absolute atomic E-state index is 0.0980. The number of aryl methyl sites for hydroxylation is 2. The second-order valence-corrected chi connectivity index (χ2v) is 10.3. The topological polar surface area (TPSA) is 92.3 Å². The quantitative estimate of drug-likeness (QED) is 0.775. The fraction of sp³-hybridized carbons (Fsp3) is 0.300. The molecule has 1 aliphatic rings. The average Bonchev–Trinajstić information content (AvgIpc) is 2.63. The van der Waals surface area contributed by atoms with E-state index in [9.17, 15) is 18.0 Å². The number of carbonyl (C=O) groups is 2. The van der Waals surface area contributed by atoms with Gasteiger partial charge in [0.25, 0.3) is 0 Å². The first kappa shape index (κ1) is 20.4. The Morgan fingerprint density at radius 3 is 2.68 bits per heavy atom. The van der Waals surface area contributed by atoms with Crippen molar-refractivity contribution in [1.29, 1.82) is 0 Å². The number of amides is 2. The van der Waals surface area contributed by atoms with E-state index in [-0.39, 0.29) is 23.1 Å². The molecule has 0 saturated carbocycles. The molecule has 0 aliphatic carbocycles. The van der Waals surface area contributed by atoms with E-state index in [1.54, 1.807) is 6.07 Å². The van der Waals surface area contributed by atoms with E-state index in [1.165, 1.54) is 30.8 Å². The van der Waals surface area contributed by atoms with Gasteiger partial charge in [-0.05, 0) is 50.6 Å². The van der Waals surface area contributed by atoms with Crippen molar-refractivity contribution >= 4 is 44.8 Å². The Labute approximate surface area is 169 Å². The van der Waals surface area contributed by atoms with Gasteiger partial charge in [0.05, 0.1) is 21.6 Å². The summed E-state index contributed by atoms with van der Waals surface area (Å²) in [6.45, 7) is 5.37. The maximum absolute atomic E-state index is 12.9. The molecule has 2 amide bonds. The molecule has 8 heteroatoms. The van der Waals surface area contributed by atoms with Gasteiger partial charge < -0.3 is 10.6 Å². The van der Waals surface area contributed by atoms with E-state index in [0.717, 1.165) is 16.0 Å². The Morgan fingerprint density at radius 2 is 1.96 bits per heavy atom. The van der Waals surface area contributed by atoms with Gasteiger partial charge in [0.15, 0.2) is 9.84 Å². The van der Waals surface area contributed by atoms with E-state index < -0.39 is 15.1 Å². The Morgan fingerprint density at radius 1 is 1.21 bits per heavy atom. The highest BCUT2D eigenvalue weighted by molar-refractivity contribution is 8.00. The van der Waals surface area contributed by atoms with Crippen LogP contribution in [0.3, 0.4) is 0 Å². The molecular weight excluding hydrogens is 396 g/mol. The fourth-order valence-corrected chi connectivity index (χ4v) is 5.16. The molecule has 0 bridgehead atoms. The van der Waals surface area contributed by atoms with Crippen LogP contribution in [-0.4, -0.2) is 31.2 Å². The van der Waals surface area contributed by atoms with Crippen molar-refractivity contribution in [1.82, 2.24) is 0 Å². The van der Waals surface area contributed by atoms with Crippen LogP contribution in [0, 0.1) is 13.8 Å². The first-order valence-electron chi connectivity index (χ1n) is 8.84. The largest absolute Gasteiger partial charge is 0.326 e. The summed E-state index contributed by atoms with van der Waals surface area (Å²) < 4.78 is 25.8. The highest BCUT2D eigenvalue weighted by Crippen LogP contribution is 2.34. The third-order valence-corrected chi connectivity index (χ3v) is 7.78. The van der Waals surface area contributed by atoms with Gasteiger partial charge in [0.1, 0.15) is 0 Å². The van der Waals surface area contributed by atoms with Gasteiger partial charge in [0, 0.05) is 17.0 Å². The van der Waals surface area contributed by atoms with E-state index in [1.807, 2.05) is 32.0 Å². The normalized spacial score (nSPS) is 14.8. The molecule has 0 fully saturated rings. The third-order valence-electron chi connectivity index (χ3n) is 4.57. The molecule has 0 radical (unpaired) electrons. The third kappa shape index (κ3) is 4.39. The summed E-state index contributed by atoms with van der Waals surface area (Å²) in [6, 6.07) is 10.3. The summed E-state index contributed by atoms with van der Waals surface area (Å²) >= 11 is 1.37. The van der Waals surface area contributed by atoms with Crippen molar-refractivity contribution in [3.8, 4) is 0 Å². The van der Waals surface area contributed by atoms with Crippen LogP contribution in [0.5, 0.6) is 0 Å². The monoisotopic (exact) mass is 418 g/mol. The SMILES string of the molecule is Cc1ccc(NC(=O)C[C@H](C)S(=O)(=O)c2ccc3c(c2)NC(=O)CS3)c(C)c1. The van der Waals surface area contributed by atoms with Crippen molar-refractivity contribution in [2.24, 2.45) is 0 Å². The number of benzene rings is 2. The number of hydrogen-bond donors (Lipinski definition) is 2. The zero-order valence-corrected chi connectivity index (χ0v) is 17.5. The van der Waals surface area contributed by atoms with E-state index in [0.29, 0.717) is 17.1 Å². The molecule has 3 rings (SSSR count). The molecule has 1 heterocycles. The van der Waals surface area contributed by atoms with Gasteiger partial charge in [-0.1, -0.05) is 17.7 Å². The number of rotatable bonds is 5. The number of hydrogen-bond acceptors (Lipinski definition) is 5. The Hall–Kier alpha value is -2.32. The van der Waals surface area contributed by atoms with Gasteiger partial charge in [-0.25, -0.2) is 8.42 Å². The predicted octanol–water partition coefficient (Wildman–Crippen LogP) is 3.54. The summed E-state index contributed by atoms with van der Waals surface area (Å²) in [5, 5.41) is 4.58. The molecule has 0 saturated heterocycles. The minimum atomic E-state index is -3.72. The molecule has 1 aliphatic heterocycles. The van der Waals surface area contributed by atoms with Crippen molar-refractivity contribution < 1.29 is 18.0 Å². The van der Waals surface area contributed by atoms with Crippen molar-refractivity contribution in [3.63, 3.8) is 0 Å².